The molecule has 1 aromatic carbocycles. The number of unbranched alkanes of at least 4 members (excludes halogenated alkanes) is 2. The molecule has 1 aromatic heterocycles. The molecule has 18 heavy (non-hydrogen) atoms. The molecule has 0 bridgehead atoms. The Kier molecular flexibility index (Phi) is 4.37. The number of aromatic nitrogens is 2. The summed E-state index contributed by atoms with van der Waals surface area (Å²) in [5.41, 5.74) is 9.12. The van der Waals surface area contributed by atoms with Crippen molar-refractivity contribution in [2.24, 2.45) is 5.73 Å². The third-order valence-electron chi connectivity index (χ3n) is 3.28. The summed E-state index contributed by atoms with van der Waals surface area (Å²) in [6.07, 6.45) is 4.69. The number of benzene rings is 1. The van der Waals surface area contributed by atoms with Crippen molar-refractivity contribution in [2.45, 2.75) is 45.4 Å². The van der Waals surface area contributed by atoms with Gasteiger partial charge in [-0.05, 0) is 43.5 Å². The Hall–Kier alpha value is -1.35. The van der Waals surface area contributed by atoms with Crippen LogP contribution in [0.1, 0.15) is 50.4 Å². The third-order valence-corrected chi connectivity index (χ3v) is 3.28. The van der Waals surface area contributed by atoms with E-state index in [2.05, 4.69) is 42.0 Å². The van der Waals surface area contributed by atoms with Crippen LogP contribution in [0.3, 0.4) is 0 Å². The zero-order chi connectivity index (χ0) is 13.0. The molecule has 2 aromatic rings. The number of aromatic amines is 1. The fourth-order valence-electron chi connectivity index (χ4n) is 2.16. The molecule has 0 atom stereocenters. The highest BCUT2D eigenvalue weighted by molar-refractivity contribution is 5.76. The minimum Gasteiger partial charge on any atom is -0.342 e. The van der Waals surface area contributed by atoms with Crippen LogP contribution in [-0.4, -0.2) is 16.5 Å². The van der Waals surface area contributed by atoms with E-state index >= 15 is 0 Å². The van der Waals surface area contributed by atoms with Gasteiger partial charge in [-0.1, -0.05) is 26.3 Å². The van der Waals surface area contributed by atoms with E-state index in [4.69, 9.17) is 5.73 Å². The highest BCUT2D eigenvalue weighted by Crippen LogP contribution is 2.19. The van der Waals surface area contributed by atoms with Crippen LogP contribution in [0.2, 0.25) is 0 Å². The van der Waals surface area contributed by atoms with Gasteiger partial charge in [0.1, 0.15) is 5.82 Å². The molecule has 2 rings (SSSR count). The van der Waals surface area contributed by atoms with Gasteiger partial charge in [0.25, 0.3) is 0 Å². The van der Waals surface area contributed by atoms with Crippen LogP contribution in [0.15, 0.2) is 18.2 Å². The van der Waals surface area contributed by atoms with Crippen LogP contribution >= 0.6 is 0 Å². The Balaban J connectivity index is 2.07. The van der Waals surface area contributed by atoms with Crippen LogP contribution in [-0.2, 0) is 6.42 Å². The van der Waals surface area contributed by atoms with Gasteiger partial charge < -0.3 is 10.7 Å². The number of nitrogens with two attached hydrogens (primary N) is 1. The predicted molar refractivity (Wildman–Crippen MR) is 76.8 cm³/mol. The molecule has 0 aliphatic carbocycles. The highest BCUT2D eigenvalue weighted by atomic mass is 14.9. The molecule has 0 saturated heterocycles. The molecule has 3 N–H and O–H groups in total. The van der Waals surface area contributed by atoms with Crippen molar-refractivity contribution in [1.82, 2.24) is 9.97 Å². The molecular weight excluding hydrogens is 222 g/mol. The molecule has 0 fully saturated rings. The van der Waals surface area contributed by atoms with Crippen molar-refractivity contribution >= 4 is 11.0 Å². The van der Waals surface area contributed by atoms with Crippen LogP contribution in [0.5, 0.6) is 0 Å². The maximum Gasteiger partial charge on any atom is 0.109 e. The van der Waals surface area contributed by atoms with Gasteiger partial charge in [-0.3, -0.25) is 0 Å². The number of aryl methyl sites for hydroxylation is 1. The number of hydrogen-bond donors (Lipinski definition) is 2. The second kappa shape index (κ2) is 6.01. The van der Waals surface area contributed by atoms with Crippen molar-refractivity contribution in [1.29, 1.82) is 0 Å². The summed E-state index contributed by atoms with van der Waals surface area (Å²) in [5, 5.41) is 0. The van der Waals surface area contributed by atoms with E-state index in [1.807, 2.05) is 0 Å². The highest BCUT2D eigenvalue weighted by Gasteiger charge is 2.06. The number of nitrogens with one attached hydrogen (secondary N) is 1. The lowest BCUT2D eigenvalue weighted by Crippen LogP contribution is -1.98. The van der Waals surface area contributed by atoms with Crippen molar-refractivity contribution in [3.8, 4) is 0 Å². The van der Waals surface area contributed by atoms with E-state index in [0.29, 0.717) is 5.92 Å². The second-order valence-electron chi connectivity index (χ2n) is 5.23. The number of rotatable bonds is 6. The van der Waals surface area contributed by atoms with Gasteiger partial charge in [0.15, 0.2) is 0 Å². The number of nitrogens with zero attached hydrogens (tertiary/aromatic N) is 1. The van der Waals surface area contributed by atoms with Gasteiger partial charge in [0.2, 0.25) is 0 Å². The van der Waals surface area contributed by atoms with Gasteiger partial charge in [-0.15, -0.1) is 0 Å². The molecule has 0 radical (unpaired) electrons. The quantitative estimate of drug-likeness (QED) is 0.767. The third kappa shape index (κ3) is 3.10. The molecule has 0 unspecified atom stereocenters. The lowest BCUT2D eigenvalue weighted by atomic mass is 10.1. The minimum absolute atomic E-state index is 0.449. The molecule has 3 heteroatoms. The summed E-state index contributed by atoms with van der Waals surface area (Å²) in [4.78, 5) is 8.00. The molecule has 0 spiro atoms. The first kappa shape index (κ1) is 13.1. The molecule has 0 saturated carbocycles. The summed E-state index contributed by atoms with van der Waals surface area (Å²) in [6.45, 7) is 5.12. The van der Waals surface area contributed by atoms with E-state index in [9.17, 15) is 0 Å². The van der Waals surface area contributed by atoms with Gasteiger partial charge >= 0.3 is 0 Å². The Morgan fingerprint density at radius 3 is 2.78 bits per heavy atom. The molecule has 3 nitrogen and oxygen atoms in total. The normalized spacial score (nSPS) is 11.6. The van der Waals surface area contributed by atoms with Crippen LogP contribution in [0.4, 0.5) is 0 Å². The molecule has 1 heterocycles. The average molecular weight is 245 g/mol. The van der Waals surface area contributed by atoms with E-state index in [1.165, 1.54) is 18.4 Å². The van der Waals surface area contributed by atoms with E-state index < -0.39 is 0 Å². The molecule has 98 valence electrons. The summed E-state index contributed by atoms with van der Waals surface area (Å²) in [7, 11) is 0. The second-order valence-corrected chi connectivity index (χ2v) is 5.23. The van der Waals surface area contributed by atoms with Crippen LogP contribution in [0, 0.1) is 0 Å². The summed E-state index contributed by atoms with van der Waals surface area (Å²) < 4.78 is 0. The van der Waals surface area contributed by atoms with E-state index in [-0.39, 0.29) is 0 Å². The summed E-state index contributed by atoms with van der Waals surface area (Å²) in [5.74, 6) is 1.52. The first-order valence-electron chi connectivity index (χ1n) is 6.89. The van der Waals surface area contributed by atoms with Crippen molar-refractivity contribution in [3.63, 3.8) is 0 Å². The standard InChI is InChI=1S/C15H23N3/c1-11(2)15-17-13-8-7-12(10-14(13)18-15)6-4-3-5-9-16/h7-8,10-11H,3-6,9,16H2,1-2H3,(H,17,18). The van der Waals surface area contributed by atoms with Crippen molar-refractivity contribution in [2.75, 3.05) is 6.54 Å². The molecule has 0 aliphatic rings. The summed E-state index contributed by atoms with van der Waals surface area (Å²) >= 11 is 0. The minimum atomic E-state index is 0.449. The maximum atomic E-state index is 5.50. The largest absolute Gasteiger partial charge is 0.342 e. The van der Waals surface area contributed by atoms with Gasteiger partial charge in [0, 0.05) is 5.92 Å². The van der Waals surface area contributed by atoms with Crippen molar-refractivity contribution < 1.29 is 0 Å². The van der Waals surface area contributed by atoms with E-state index in [0.717, 1.165) is 36.2 Å². The first-order chi connectivity index (χ1) is 8.70. The van der Waals surface area contributed by atoms with Crippen LogP contribution in [0.25, 0.3) is 11.0 Å². The number of H-pyrrole nitrogens is 1. The Morgan fingerprint density at radius 2 is 2.06 bits per heavy atom. The zero-order valence-corrected chi connectivity index (χ0v) is 11.4. The fraction of sp³-hybridized carbons (Fsp3) is 0.533. The molecular formula is C15H23N3. The lowest BCUT2D eigenvalue weighted by molar-refractivity contribution is 0.687. The average Bonchev–Trinajstić information content (AvgIpc) is 2.78. The maximum absolute atomic E-state index is 5.50. The Labute approximate surface area is 109 Å². The predicted octanol–water partition coefficient (Wildman–Crippen LogP) is 3.36. The monoisotopic (exact) mass is 245 g/mol. The van der Waals surface area contributed by atoms with Crippen molar-refractivity contribution in [3.05, 3.63) is 29.6 Å². The number of imidazole rings is 1. The fourth-order valence-corrected chi connectivity index (χ4v) is 2.16. The van der Waals surface area contributed by atoms with Gasteiger partial charge in [-0.2, -0.15) is 0 Å². The zero-order valence-electron chi connectivity index (χ0n) is 11.4. The topological polar surface area (TPSA) is 54.7 Å². The number of hydrogen-bond acceptors (Lipinski definition) is 2. The van der Waals surface area contributed by atoms with Gasteiger partial charge in [-0.25, -0.2) is 4.98 Å². The SMILES string of the molecule is CC(C)c1nc2ccc(CCCCCN)cc2[nH]1. The molecule has 0 aliphatic heterocycles. The molecule has 0 amide bonds. The smallest absolute Gasteiger partial charge is 0.109 e. The summed E-state index contributed by atoms with van der Waals surface area (Å²) in [6, 6.07) is 6.54. The Morgan fingerprint density at radius 1 is 1.22 bits per heavy atom. The van der Waals surface area contributed by atoms with E-state index in [1.54, 1.807) is 0 Å². The first-order valence-corrected chi connectivity index (χ1v) is 6.89. The number of fused-ring (bicyclic) bond motifs is 1. The van der Waals surface area contributed by atoms with Gasteiger partial charge in [0.05, 0.1) is 11.0 Å². The lowest BCUT2D eigenvalue weighted by Gasteiger charge is -2.01. The Bertz CT molecular complexity index is 499. The van der Waals surface area contributed by atoms with Crippen LogP contribution < -0.4 is 5.73 Å².